The number of nitrogens with one attached hydrogen (secondary N) is 1. The summed E-state index contributed by atoms with van der Waals surface area (Å²) in [5.41, 5.74) is 0. The van der Waals surface area contributed by atoms with Crippen molar-refractivity contribution in [3.8, 4) is 0 Å². The fraction of sp³-hybridized carbons (Fsp3) is 0.750. The van der Waals surface area contributed by atoms with Crippen molar-refractivity contribution in [3.05, 3.63) is 5.15 Å². The number of ether oxygens (including phenoxy) is 1. The summed E-state index contributed by atoms with van der Waals surface area (Å²) in [6.07, 6.45) is 2.28. The van der Waals surface area contributed by atoms with E-state index in [-0.39, 0.29) is 0 Å². The van der Waals surface area contributed by atoms with Crippen molar-refractivity contribution < 1.29 is 4.74 Å². The molecule has 1 fully saturated rings. The van der Waals surface area contributed by atoms with Crippen LogP contribution in [0.1, 0.15) is 12.8 Å². The van der Waals surface area contributed by atoms with E-state index < -0.39 is 0 Å². The maximum Gasteiger partial charge on any atom is 0.186 e. The molecule has 1 aromatic rings. The molecule has 1 aromatic heterocycles. The Morgan fingerprint density at radius 3 is 3.14 bits per heavy atom. The Bertz CT molecular complexity index is 288. The molecule has 2 rings (SSSR count). The zero-order valence-corrected chi connectivity index (χ0v) is 9.27. The van der Waals surface area contributed by atoms with E-state index in [4.69, 9.17) is 16.3 Å². The molecule has 6 heteroatoms. The maximum absolute atomic E-state index is 5.78. The number of hydrogen-bond donors (Lipinski definition) is 1. The molecular formula is C8H12ClN3OS. The number of aromatic nitrogens is 2. The molecule has 4 nitrogen and oxygen atoms in total. The van der Waals surface area contributed by atoms with Crippen LogP contribution >= 0.6 is 23.3 Å². The fourth-order valence-electron chi connectivity index (χ4n) is 1.49. The van der Waals surface area contributed by atoms with Crippen molar-refractivity contribution in [3.63, 3.8) is 0 Å². The molecule has 1 aliphatic heterocycles. The van der Waals surface area contributed by atoms with Crippen LogP contribution in [0.15, 0.2) is 0 Å². The minimum Gasteiger partial charge on any atom is -0.381 e. The van der Waals surface area contributed by atoms with Crippen LogP contribution in [-0.4, -0.2) is 28.5 Å². The van der Waals surface area contributed by atoms with Gasteiger partial charge in [0.05, 0.1) is 11.7 Å². The Hall–Kier alpha value is -0.390. The summed E-state index contributed by atoms with van der Waals surface area (Å²) in [6.45, 7) is 2.69. The Balaban J connectivity index is 1.70. The number of nitrogens with zero attached hydrogens (tertiary/aromatic N) is 2. The van der Waals surface area contributed by atoms with E-state index in [1.54, 1.807) is 0 Å². The minimum atomic E-state index is 0.470. The van der Waals surface area contributed by atoms with Gasteiger partial charge in [0.1, 0.15) is 0 Å². The van der Waals surface area contributed by atoms with Gasteiger partial charge in [0.2, 0.25) is 0 Å². The molecule has 1 saturated heterocycles. The van der Waals surface area contributed by atoms with Gasteiger partial charge in [-0.1, -0.05) is 11.6 Å². The molecule has 1 atom stereocenters. The number of anilines is 1. The molecule has 0 aromatic carbocycles. The lowest BCUT2D eigenvalue weighted by molar-refractivity contribution is 0.185. The van der Waals surface area contributed by atoms with Crippen molar-refractivity contribution in [2.75, 3.05) is 25.1 Å². The van der Waals surface area contributed by atoms with Crippen molar-refractivity contribution in [2.45, 2.75) is 12.8 Å². The van der Waals surface area contributed by atoms with E-state index >= 15 is 0 Å². The SMILES string of the molecule is Clc1nsnc1NCCC1CCOC1. The number of hydrogen-bond acceptors (Lipinski definition) is 5. The fourth-order valence-corrected chi connectivity index (χ4v) is 2.17. The highest BCUT2D eigenvalue weighted by molar-refractivity contribution is 6.99. The first kappa shape index (κ1) is 10.1. The largest absolute Gasteiger partial charge is 0.381 e. The van der Waals surface area contributed by atoms with Gasteiger partial charge < -0.3 is 10.1 Å². The van der Waals surface area contributed by atoms with E-state index in [2.05, 4.69) is 14.1 Å². The predicted octanol–water partition coefficient (Wildman–Crippen LogP) is 2.03. The summed E-state index contributed by atoms with van der Waals surface area (Å²) >= 11 is 6.91. The summed E-state index contributed by atoms with van der Waals surface area (Å²) in [5.74, 6) is 1.39. The molecule has 1 N–H and O–H groups in total. The van der Waals surface area contributed by atoms with Gasteiger partial charge in [0, 0.05) is 19.8 Å². The lowest BCUT2D eigenvalue weighted by atomic mass is 10.1. The second kappa shape index (κ2) is 4.91. The first-order valence-electron chi connectivity index (χ1n) is 4.66. The van der Waals surface area contributed by atoms with Crippen molar-refractivity contribution in [2.24, 2.45) is 5.92 Å². The molecule has 0 saturated carbocycles. The predicted molar refractivity (Wildman–Crippen MR) is 57.0 cm³/mol. The van der Waals surface area contributed by atoms with Gasteiger partial charge in [-0.25, -0.2) is 0 Å². The van der Waals surface area contributed by atoms with Gasteiger partial charge in [-0.3, -0.25) is 0 Å². The number of rotatable bonds is 4. The molecule has 0 aliphatic carbocycles. The average Bonchev–Trinajstić information content (AvgIpc) is 2.78. The molecule has 0 radical (unpaired) electrons. The summed E-state index contributed by atoms with van der Waals surface area (Å²) in [7, 11) is 0. The smallest absolute Gasteiger partial charge is 0.186 e. The lowest BCUT2D eigenvalue weighted by Gasteiger charge is -2.07. The molecular weight excluding hydrogens is 222 g/mol. The Morgan fingerprint density at radius 2 is 2.50 bits per heavy atom. The van der Waals surface area contributed by atoms with E-state index in [1.807, 2.05) is 0 Å². The first-order chi connectivity index (χ1) is 6.86. The standard InChI is InChI=1S/C8H12ClN3OS/c9-7-8(12-14-11-7)10-3-1-6-2-4-13-5-6/h6H,1-5H2,(H,10,12). The van der Waals surface area contributed by atoms with Gasteiger partial charge in [0.15, 0.2) is 11.0 Å². The van der Waals surface area contributed by atoms with Gasteiger partial charge in [0.25, 0.3) is 0 Å². The summed E-state index contributed by atoms with van der Waals surface area (Å²) in [6, 6.07) is 0. The van der Waals surface area contributed by atoms with Crippen molar-refractivity contribution in [1.29, 1.82) is 0 Å². The summed E-state index contributed by atoms with van der Waals surface area (Å²) in [5, 5.41) is 3.64. The van der Waals surface area contributed by atoms with Crippen molar-refractivity contribution in [1.82, 2.24) is 8.75 Å². The lowest BCUT2D eigenvalue weighted by Crippen LogP contribution is -2.09. The van der Waals surface area contributed by atoms with Gasteiger partial charge in [-0.2, -0.15) is 8.75 Å². The number of halogens is 1. The van der Waals surface area contributed by atoms with Crippen LogP contribution in [0.25, 0.3) is 0 Å². The van der Waals surface area contributed by atoms with Crippen LogP contribution in [0.3, 0.4) is 0 Å². The third-order valence-corrected chi connectivity index (χ3v) is 3.21. The zero-order valence-electron chi connectivity index (χ0n) is 7.70. The average molecular weight is 234 g/mol. The van der Waals surface area contributed by atoms with Crippen molar-refractivity contribution >= 4 is 29.1 Å². The normalized spacial score (nSPS) is 21.4. The van der Waals surface area contributed by atoms with Crippen LogP contribution in [0.2, 0.25) is 5.15 Å². The quantitative estimate of drug-likeness (QED) is 0.865. The van der Waals surface area contributed by atoms with E-state index in [0.29, 0.717) is 16.9 Å². The highest BCUT2D eigenvalue weighted by Crippen LogP contribution is 2.19. The Morgan fingerprint density at radius 1 is 1.57 bits per heavy atom. The van der Waals surface area contributed by atoms with Crippen LogP contribution in [0, 0.1) is 5.92 Å². The van der Waals surface area contributed by atoms with Gasteiger partial charge >= 0.3 is 0 Å². The van der Waals surface area contributed by atoms with E-state index in [0.717, 1.165) is 37.9 Å². The zero-order chi connectivity index (χ0) is 9.80. The van der Waals surface area contributed by atoms with E-state index in [1.165, 1.54) is 6.42 Å². The second-order valence-electron chi connectivity index (χ2n) is 3.35. The third-order valence-electron chi connectivity index (χ3n) is 2.32. The monoisotopic (exact) mass is 233 g/mol. The molecule has 0 bridgehead atoms. The van der Waals surface area contributed by atoms with E-state index in [9.17, 15) is 0 Å². The topological polar surface area (TPSA) is 47.0 Å². The van der Waals surface area contributed by atoms with Crippen LogP contribution < -0.4 is 5.32 Å². The summed E-state index contributed by atoms with van der Waals surface area (Å²) < 4.78 is 13.2. The molecule has 78 valence electrons. The molecule has 2 heterocycles. The highest BCUT2D eigenvalue weighted by Gasteiger charge is 2.15. The van der Waals surface area contributed by atoms with Gasteiger partial charge in [-0.05, 0) is 18.8 Å². The molecule has 14 heavy (non-hydrogen) atoms. The summed E-state index contributed by atoms with van der Waals surface area (Å²) in [4.78, 5) is 0. The van der Waals surface area contributed by atoms with Crippen LogP contribution in [-0.2, 0) is 4.74 Å². The van der Waals surface area contributed by atoms with Gasteiger partial charge in [-0.15, -0.1) is 0 Å². The molecule has 1 unspecified atom stereocenters. The Labute approximate surface area is 91.9 Å². The second-order valence-corrected chi connectivity index (χ2v) is 4.24. The maximum atomic E-state index is 5.78. The Kier molecular flexibility index (Phi) is 3.55. The minimum absolute atomic E-state index is 0.470. The highest BCUT2D eigenvalue weighted by atomic mass is 35.5. The van der Waals surface area contributed by atoms with Crippen LogP contribution in [0.5, 0.6) is 0 Å². The molecule has 1 aliphatic rings. The molecule has 0 spiro atoms. The van der Waals surface area contributed by atoms with Crippen LogP contribution in [0.4, 0.5) is 5.82 Å². The molecule has 0 amide bonds. The third kappa shape index (κ3) is 2.56. The first-order valence-corrected chi connectivity index (χ1v) is 5.77.